The molecule has 0 radical (unpaired) electrons. The van der Waals surface area contributed by atoms with Crippen molar-refractivity contribution < 1.29 is 4.74 Å². The highest BCUT2D eigenvalue weighted by Gasteiger charge is 2.27. The van der Waals surface area contributed by atoms with Gasteiger partial charge in [0.05, 0.1) is 6.10 Å². The Kier molecular flexibility index (Phi) is 4.20. The first-order valence-corrected chi connectivity index (χ1v) is 5.40. The summed E-state index contributed by atoms with van der Waals surface area (Å²) in [4.78, 5) is 0. The van der Waals surface area contributed by atoms with Crippen LogP contribution < -0.4 is 5.32 Å². The van der Waals surface area contributed by atoms with E-state index in [-0.39, 0.29) is 0 Å². The van der Waals surface area contributed by atoms with Crippen molar-refractivity contribution in [3.8, 4) is 0 Å². The van der Waals surface area contributed by atoms with Crippen molar-refractivity contribution >= 4 is 0 Å². The molecule has 0 saturated heterocycles. The average molecular weight is 185 g/mol. The van der Waals surface area contributed by atoms with Crippen molar-refractivity contribution in [2.45, 2.75) is 45.6 Å². The van der Waals surface area contributed by atoms with Crippen LogP contribution in [0.2, 0.25) is 0 Å². The molecule has 1 saturated carbocycles. The van der Waals surface area contributed by atoms with Crippen LogP contribution in [0, 0.1) is 5.41 Å². The Morgan fingerprint density at radius 2 is 2.00 bits per heavy atom. The van der Waals surface area contributed by atoms with E-state index in [0.717, 1.165) is 13.1 Å². The lowest BCUT2D eigenvalue weighted by Gasteiger charge is -2.24. The second kappa shape index (κ2) is 4.97. The zero-order valence-electron chi connectivity index (χ0n) is 9.23. The second-order valence-corrected chi connectivity index (χ2v) is 4.69. The molecule has 0 bridgehead atoms. The number of methoxy groups -OCH3 is 1. The van der Waals surface area contributed by atoms with Crippen LogP contribution >= 0.6 is 0 Å². The summed E-state index contributed by atoms with van der Waals surface area (Å²) >= 11 is 0. The van der Waals surface area contributed by atoms with Crippen molar-refractivity contribution in [2.75, 3.05) is 20.2 Å². The van der Waals surface area contributed by atoms with Gasteiger partial charge in [-0.3, -0.25) is 0 Å². The molecule has 0 heterocycles. The fraction of sp³-hybridized carbons (Fsp3) is 1.00. The molecule has 1 fully saturated rings. The van der Waals surface area contributed by atoms with Crippen LogP contribution in [0.1, 0.15) is 39.5 Å². The molecule has 0 aromatic rings. The molecule has 1 aliphatic carbocycles. The molecule has 78 valence electrons. The zero-order chi connectivity index (χ0) is 9.73. The Bertz CT molecular complexity index is 141. The van der Waals surface area contributed by atoms with Gasteiger partial charge in [-0.25, -0.2) is 0 Å². The van der Waals surface area contributed by atoms with Gasteiger partial charge in [0.1, 0.15) is 0 Å². The van der Waals surface area contributed by atoms with Gasteiger partial charge in [0, 0.05) is 20.2 Å². The average Bonchev–Trinajstić information content (AvgIpc) is 2.52. The monoisotopic (exact) mass is 185 g/mol. The maximum absolute atomic E-state index is 5.19. The van der Waals surface area contributed by atoms with E-state index in [2.05, 4.69) is 19.2 Å². The molecule has 1 unspecified atom stereocenters. The van der Waals surface area contributed by atoms with Gasteiger partial charge in [0.2, 0.25) is 0 Å². The Hall–Kier alpha value is -0.0800. The zero-order valence-corrected chi connectivity index (χ0v) is 9.23. The lowest BCUT2D eigenvalue weighted by atomic mass is 9.89. The van der Waals surface area contributed by atoms with E-state index < -0.39 is 0 Å². The molecule has 2 nitrogen and oxygen atoms in total. The van der Waals surface area contributed by atoms with Crippen molar-refractivity contribution in [2.24, 2.45) is 5.41 Å². The Morgan fingerprint density at radius 3 is 2.54 bits per heavy atom. The third-order valence-electron chi connectivity index (χ3n) is 3.20. The van der Waals surface area contributed by atoms with Crippen molar-refractivity contribution in [1.29, 1.82) is 0 Å². The van der Waals surface area contributed by atoms with E-state index in [1.165, 1.54) is 25.7 Å². The van der Waals surface area contributed by atoms with Crippen molar-refractivity contribution in [3.05, 3.63) is 0 Å². The molecule has 1 aliphatic rings. The molecular weight excluding hydrogens is 162 g/mol. The molecule has 13 heavy (non-hydrogen) atoms. The van der Waals surface area contributed by atoms with Crippen LogP contribution in [0.15, 0.2) is 0 Å². The highest BCUT2D eigenvalue weighted by molar-refractivity contribution is 4.82. The number of rotatable bonds is 5. The van der Waals surface area contributed by atoms with Gasteiger partial charge in [-0.2, -0.15) is 0 Å². The molecule has 0 aliphatic heterocycles. The summed E-state index contributed by atoms with van der Waals surface area (Å²) in [7, 11) is 1.77. The minimum atomic E-state index is 0.338. The van der Waals surface area contributed by atoms with Crippen LogP contribution in [-0.2, 0) is 4.74 Å². The minimum absolute atomic E-state index is 0.338. The SMILES string of the molecule is COC(C)CNCC1(C)CCCC1. The third-order valence-corrected chi connectivity index (χ3v) is 3.20. The lowest BCUT2D eigenvalue weighted by molar-refractivity contribution is 0.113. The highest BCUT2D eigenvalue weighted by atomic mass is 16.5. The topological polar surface area (TPSA) is 21.3 Å². The quantitative estimate of drug-likeness (QED) is 0.709. The van der Waals surface area contributed by atoms with E-state index in [1.807, 2.05) is 0 Å². The van der Waals surface area contributed by atoms with Crippen molar-refractivity contribution in [1.82, 2.24) is 5.32 Å². The van der Waals surface area contributed by atoms with Crippen molar-refractivity contribution in [3.63, 3.8) is 0 Å². The summed E-state index contributed by atoms with van der Waals surface area (Å²) in [5.74, 6) is 0. The lowest BCUT2D eigenvalue weighted by Crippen LogP contribution is -2.34. The minimum Gasteiger partial charge on any atom is -0.380 e. The van der Waals surface area contributed by atoms with Gasteiger partial charge in [-0.15, -0.1) is 0 Å². The van der Waals surface area contributed by atoms with E-state index in [4.69, 9.17) is 4.74 Å². The van der Waals surface area contributed by atoms with Gasteiger partial charge in [-0.1, -0.05) is 19.8 Å². The maximum atomic E-state index is 5.19. The van der Waals surface area contributed by atoms with Crippen LogP contribution in [0.25, 0.3) is 0 Å². The fourth-order valence-electron chi connectivity index (χ4n) is 2.07. The van der Waals surface area contributed by atoms with Gasteiger partial charge in [0.25, 0.3) is 0 Å². The maximum Gasteiger partial charge on any atom is 0.0667 e. The van der Waals surface area contributed by atoms with E-state index in [0.29, 0.717) is 11.5 Å². The Labute approximate surface area is 82.0 Å². The number of hydrogen-bond donors (Lipinski definition) is 1. The van der Waals surface area contributed by atoms with Gasteiger partial charge in [0.15, 0.2) is 0 Å². The number of nitrogens with one attached hydrogen (secondary N) is 1. The second-order valence-electron chi connectivity index (χ2n) is 4.69. The summed E-state index contributed by atoms with van der Waals surface area (Å²) in [5, 5.41) is 3.49. The van der Waals surface area contributed by atoms with E-state index in [9.17, 15) is 0 Å². The van der Waals surface area contributed by atoms with Gasteiger partial charge in [-0.05, 0) is 25.2 Å². The van der Waals surface area contributed by atoms with Crippen LogP contribution in [0.3, 0.4) is 0 Å². The van der Waals surface area contributed by atoms with Crippen LogP contribution in [-0.4, -0.2) is 26.3 Å². The third kappa shape index (κ3) is 3.65. The van der Waals surface area contributed by atoms with Crippen LogP contribution in [0.5, 0.6) is 0 Å². The first-order valence-electron chi connectivity index (χ1n) is 5.40. The Morgan fingerprint density at radius 1 is 1.38 bits per heavy atom. The van der Waals surface area contributed by atoms with E-state index in [1.54, 1.807) is 7.11 Å². The first-order chi connectivity index (χ1) is 6.16. The predicted octanol–water partition coefficient (Wildman–Crippen LogP) is 2.19. The largest absolute Gasteiger partial charge is 0.380 e. The summed E-state index contributed by atoms with van der Waals surface area (Å²) in [6.07, 6.45) is 5.95. The molecular formula is C11H23NO. The standard InChI is InChI=1S/C11H23NO/c1-10(13-3)8-12-9-11(2)6-4-5-7-11/h10,12H,4-9H2,1-3H3. The summed E-state index contributed by atoms with van der Waals surface area (Å²) in [6, 6.07) is 0. The normalized spacial score (nSPS) is 23.3. The highest BCUT2D eigenvalue weighted by Crippen LogP contribution is 2.36. The number of hydrogen-bond acceptors (Lipinski definition) is 2. The molecule has 1 rings (SSSR count). The molecule has 0 aromatic heterocycles. The summed E-state index contributed by atoms with van der Waals surface area (Å²) in [5.41, 5.74) is 0.563. The molecule has 0 spiro atoms. The van der Waals surface area contributed by atoms with E-state index >= 15 is 0 Å². The Balaban J connectivity index is 2.11. The first kappa shape index (κ1) is 11.0. The molecule has 1 atom stereocenters. The smallest absolute Gasteiger partial charge is 0.0667 e. The molecule has 0 amide bonds. The van der Waals surface area contributed by atoms with Crippen LogP contribution in [0.4, 0.5) is 0 Å². The molecule has 1 N–H and O–H groups in total. The van der Waals surface area contributed by atoms with Gasteiger partial charge >= 0.3 is 0 Å². The summed E-state index contributed by atoms with van der Waals surface area (Å²) < 4.78 is 5.19. The summed E-state index contributed by atoms with van der Waals surface area (Å²) in [6.45, 7) is 6.63. The predicted molar refractivity (Wildman–Crippen MR) is 55.9 cm³/mol. The molecule has 2 heteroatoms. The fourth-order valence-corrected chi connectivity index (χ4v) is 2.07. The number of ether oxygens (including phenoxy) is 1. The van der Waals surface area contributed by atoms with Gasteiger partial charge < -0.3 is 10.1 Å². The molecule has 0 aromatic carbocycles.